The van der Waals surface area contributed by atoms with E-state index in [2.05, 4.69) is 10.6 Å². The summed E-state index contributed by atoms with van der Waals surface area (Å²) in [4.78, 5) is 24.1. The fourth-order valence-corrected chi connectivity index (χ4v) is 2.22. The molecule has 1 aromatic carbocycles. The van der Waals surface area contributed by atoms with Crippen LogP contribution < -0.4 is 10.6 Å². The van der Waals surface area contributed by atoms with Crippen molar-refractivity contribution in [2.24, 2.45) is 0 Å². The average Bonchev–Trinajstić information content (AvgIpc) is 3.09. The van der Waals surface area contributed by atoms with Crippen molar-refractivity contribution in [3.8, 4) is 0 Å². The summed E-state index contributed by atoms with van der Waals surface area (Å²) in [5, 5.41) is 5.09. The summed E-state index contributed by atoms with van der Waals surface area (Å²) in [5.74, 6) is -2.15. The number of hydrogen-bond acceptors (Lipinski definition) is 3. The highest BCUT2D eigenvalue weighted by atomic mass is 19.1. The first-order chi connectivity index (χ1) is 11.4. The Kier molecular flexibility index (Phi) is 5.68. The standard InChI is InChI=1S/C17H18F2N2O3/c1-3-14(12-9-11(18)6-7-13(12)19)21-16(22)10(2)20-17(23)15-5-4-8-24-15/h4-10,14H,3H2,1-2H3,(H,20,23)(H,21,22). The van der Waals surface area contributed by atoms with E-state index in [4.69, 9.17) is 4.42 Å². The number of halogens is 2. The van der Waals surface area contributed by atoms with Crippen LogP contribution in [0.1, 0.15) is 42.4 Å². The van der Waals surface area contributed by atoms with Gasteiger partial charge in [0.1, 0.15) is 17.7 Å². The molecule has 0 bridgehead atoms. The van der Waals surface area contributed by atoms with E-state index in [1.54, 1.807) is 13.0 Å². The first-order valence-electron chi connectivity index (χ1n) is 7.52. The second kappa shape index (κ2) is 7.72. The molecule has 0 aliphatic carbocycles. The molecule has 5 nitrogen and oxygen atoms in total. The number of furan rings is 1. The van der Waals surface area contributed by atoms with Crippen molar-refractivity contribution in [2.75, 3.05) is 0 Å². The lowest BCUT2D eigenvalue weighted by Gasteiger charge is -2.21. The number of rotatable bonds is 6. The number of amides is 2. The molecule has 0 saturated heterocycles. The molecule has 0 aliphatic heterocycles. The lowest BCUT2D eigenvalue weighted by Crippen LogP contribution is -2.45. The predicted molar refractivity (Wildman–Crippen MR) is 83.2 cm³/mol. The summed E-state index contributed by atoms with van der Waals surface area (Å²) < 4.78 is 32.1. The Bertz CT molecular complexity index is 717. The molecule has 0 fully saturated rings. The predicted octanol–water partition coefficient (Wildman–Crippen LogP) is 2.94. The van der Waals surface area contributed by atoms with Gasteiger partial charge in [0.05, 0.1) is 12.3 Å². The largest absolute Gasteiger partial charge is 0.459 e. The lowest BCUT2D eigenvalue weighted by atomic mass is 10.0. The second-order valence-electron chi connectivity index (χ2n) is 5.31. The van der Waals surface area contributed by atoms with Crippen molar-refractivity contribution in [1.82, 2.24) is 10.6 Å². The summed E-state index contributed by atoms with van der Waals surface area (Å²) in [6, 6.07) is 4.54. The molecule has 2 unspecified atom stereocenters. The maximum absolute atomic E-state index is 13.9. The van der Waals surface area contributed by atoms with E-state index in [1.807, 2.05) is 0 Å². The van der Waals surface area contributed by atoms with Crippen LogP contribution in [0.3, 0.4) is 0 Å². The van der Waals surface area contributed by atoms with Crippen LogP contribution in [0.25, 0.3) is 0 Å². The molecule has 2 atom stereocenters. The van der Waals surface area contributed by atoms with E-state index in [-0.39, 0.29) is 11.3 Å². The van der Waals surface area contributed by atoms with Gasteiger partial charge in [-0.25, -0.2) is 8.78 Å². The Morgan fingerprint density at radius 3 is 2.58 bits per heavy atom. The summed E-state index contributed by atoms with van der Waals surface area (Å²) in [5.41, 5.74) is 0.0652. The first kappa shape index (κ1) is 17.7. The summed E-state index contributed by atoms with van der Waals surface area (Å²) in [6.07, 6.45) is 1.71. The number of carbonyl (C=O) groups is 2. The second-order valence-corrected chi connectivity index (χ2v) is 5.31. The van der Waals surface area contributed by atoms with Crippen LogP contribution in [-0.2, 0) is 4.79 Å². The molecule has 128 valence electrons. The summed E-state index contributed by atoms with van der Waals surface area (Å²) in [7, 11) is 0. The van der Waals surface area contributed by atoms with Gasteiger partial charge in [-0.15, -0.1) is 0 Å². The molecule has 2 rings (SSSR count). The van der Waals surface area contributed by atoms with Crippen molar-refractivity contribution in [3.05, 3.63) is 59.6 Å². The van der Waals surface area contributed by atoms with Gasteiger partial charge in [-0.1, -0.05) is 6.92 Å². The highest BCUT2D eigenvalue weighted by molar-refractivity contribution is 5.95. The van der Waals surface area contributed by atoms with Gasteiger partial charge < -0.3 is 15.1 Å². The van der Waals surface area contributed by atoms with E-state index in [9.17, 15) is 18.4 Å². The minimum Gasteiger partial charge on any atom is -0.459 e. The Morgan fingerprint density at radius 1 is 1.21 bits per heavy atom. The normalized spacial score (nSPS) is 13.2. The molecule has 2 amide bonds. The highest BCUT2D eigenvalue weighted by Crippen LogP contribution is 2.21. The smallest absolute Gasteiger partial charge is 0.287 e. The number of nitrogens with one attached hydrogen (secondary N) is 2. The molecule has 2 N–H and O–H groups in total. The molecular weight excluding hydrogens is 318 g/mol. The van der Waals surface area contributed by atoms with Gasteiger partial charge >= 0.3 is 0 Å². The van der Waals surface area contributed by atoms with Gasteiger partial charge in [-0.3, -0.25) is 9.59 Å². The van der Waals surface area contributed by atoms with Crippen LogP contribution in [-0.4, -0.2) is 17.9 Å². The highest BCUT2D eigenvalue weighted by Gasteiger charge is 2.22. The monoisotopic (exact) mass is 336 g/mol. The Morgan fingerprint density at radius 2 is 1.96 bits per heavy atom. The third kappa shape index (κ3) is 4.18. The van der Waals surface area contributed by atoms with Gasteiger partial charge in [-0.05, 0) is 43.7 Å². The molecule has 7 heteroatoms. The molecule has 0 saturated carbocycles. The SMILES string of the molecule is CCC(NC(=O)C(C)NC(=O)c1ccco1)c1cc(F)ccc1F. The van der Waals surface area contributed by atoms with E-state index < -0.39 is 35.5 Å². The van der Waals surface area contributed by atoms with Gasteiger partial charge in [0.25, 0.3) is 5.91 Å². The molecule has 24 heavy (non-hydrogen) atoms. The van der Waals surface area contributed by atoms with E-state index in [1.165, 1.54) is 19.3 Å². The average molecular weight is 336 g/mol. The maximum atomic E-state index is 13.9. The van der Waals surface area contributed by atoms with Crippen molar-refractivity contribution < 1.29 is 22.8 Å². The van der Waals surface area contributed by atoms with E-state index >= 15 is 0 Å². The topological polar surface area (TPSA) is 71.3 Å². The Balaban J connectivity index is 2.03. The van der Waals surface area contributed by atoms with Crippen LogP contribution in [0.5, 0.6) is 0 Å². The Hall–Kier alpha value is -2.70. The Labute approximate surface area is 138 Å². The summed E-state index contributed by atoms with van der Waals surface area (Å²) >= 11 is 0. The fraction of sp³-hybridized carbons (Fsp3) is 0.294. The van der Waals surface area contributed by atoms with Crippen LogP contribution in [0.4, 0.5) is 8.78 Å². The molecule has 1 aromatic heterocycles. The quantitative estimate of drug-likeness (QED) is 0.852. The van der Waals surface area contributed by atoms with Crippen molar-refractivity contribution >= 4 is 11.8 Å². The van der Waals surface area contributed by atoms with Crippen LogP contribution in [0, 0.1) is 11.6 Å². The van der Waals surface area contributed by atoms with Crippen molar-refractivity contribution in [1.29, 1.82) is 0 Å². The molecule has 1 heterocycles. The zero-order chi connectivity index (χ0) is 17.7. The molecule has 2 aromatic rings. The molecular formula is C17H18F2N2O3. The first-order valence-corrected chi connectivity index (χ1v) is 7.52. The molecule has 0 aliphatic rings. The molecule has 0 spiro atoms. The number of carbonyl (C=O) groups excluding carboxylic acids is 2. The fourth-order valence-electron chi connectivity index (χ4n) is 2.22. The molecule has 0 radical (unpaired) electrons. The maximum Gasteiger partial charge on any atom is 0.287 e. The van der Waals surface area contributed by atoms with E-state index in [0.29, 0.717) is 6.42 Å². The van der Waals surface area contributed by atoms with Crippen molar-refractivity contribution in [2.45, 2.75) is 32.4 Å². The van der Waals surface area contributed by atoms with Gasteiger partial charge in [0.15, 0.2) is 5.76 Å². The van der Waals surface area contributed by atoms with Crippen LogP contribution in [0.15, 0.2) is 41.0 Å². The third-order valence-electron chi connectivity index (χ3n) is 3.54. The van der Waals surface area contributed by atoms with Gasteiger partial charge in [0, 0.05) is 5.56 Å². The van der Waals surface area contributed by atoms with Crippen LogP contribution in [0.2, 0.25) is 0 Å². The zero-order valence-electron chi connectivity index (χ0n) is 13.3. The lowest BCUT2D eigenvalue weighted by molar-refractivity contribution is -0.123. The number of benzene rings is 1. The zero-order valence-corrected chi connectivity index (χ0v) is 13.3. The summed E-state index contributed by atoms with van der Waals surface area (Å²) in [6.45, 7) is 3.23. The minimum absolute atomic E-state index is 0.0652. The third-order valence-corrected chi connectivity index (χ3v) is 3.54. The van der Waals surface area contributed by atoms with Crippen LogP contribution >= 0.6 is 0 Å². The minimum atomic E-state index is -0.867. The van der Waals surface area contributed by atoms with Crippen molar-refractivity contribution in [3.63, 3.8) is 0 Å². The number of hydrogen-bond donors (Lipinski definition) is 2. The van der Waals surface area contributed by atoms with Gasteiger partial charge in [-0.2, -0.15) is 0 Å². The van der Waals surface area contributed by atoms with Gasteiger partial charge in [0.2, 0.25) is 5.91 Å². The van der Waals surface area contributed by atoms with E-state index in [0.717, 1.165) is 18.2 Å².